The number of para-hydroxylation sites is 1. The summed E-state index contributed by atoms with van der Waals surface area (Å²) in [6, 6.07) is 14.0. The van der Waals surface area contributed by atoms with Gasteiger partial charge in [0, 0.05) is 10.6 Å². The van der Waals surface area contributed by atoms with Gasteiger partial charge >= 0.3 is 0 Å². The second kappa shape index (κ2) is 4.55. The third-order valence-corrected chi connectivity index (χ3v) is 4.96. The van der Waals surface area contributed by atoms with E-state index in [0.29, 0.717) is 5.75 Å². The van der Waals surface area contributed by atoms with Crippen LogP contribution >= 0.6 is 23.1 Å². The van der Waals surface area contributed by atoms with Gasteiger partial charge in [-0.1, -0.05) is 24.3 Å². The summed E-state index contributed by atoms with van der Waals surface area (Å²) in [5, 5.41) is 2.20. The van der Waals surface area contributed by atoms with Gasteiger partial charge < -0.3 is 0 Å². The van der Waals surface area contributed by atoms with Gasteiger partial charge in [-0.3, -0.25) is 9.69 Å². The standard InChI is InChI=1S/C13H11NOS2/c15-12-9-17-13(11-7-4-8-16-11)14(12)10-5-2-1-3-6-10/h1-8,13H,9H2/t13-/m0/s1. The average molecular weight is 261 g/mol. The predicted octanol–water partition coefficient (Wildman–Crippen LogP) is 3.53. The summed E-state index contributed by atoms with van der Waals surface area (Å²) in [5.74, 6) is 0.761. The molecule has 2 heterocycles. The fourth-order valence-corrected chi connectivity index (χ4v) is 4.07. The van der Waals surface area contributed by atoms with Crippen molar-refractivity contribution in [2.45, 2.75) is 5.37 Å². The van der Waals surface area contributed by atoms with Gasteiger partial charge in [0.2, 0.25) is 5.91 Å². The summed E-state index contributed by atoms with van der Waals surface area (Å²) in [6.45, 7) is 0. The van der Waals surface area contributed by atoms with Gasteiger partial charge in [-0.05, 0) is 23.6 Å². The van der Waals surface area contributed by atoms with Crippen LogP contribution in [0.25, 0.3) is 0 Å². The van der Waals surface area contributed by atoms with Crippen molar-refractivity contribution < 1.29 is 4.79 Å². The molecule has 0 saturated carbocycles. The van der Waals surface area contributed by atoms with E-state index < -0.39 is 0 Å². The lowest BCUT2D eigenvalue weighted by atomic mass is 10.2. The van der Waals surface area contributed by atoms with Crippen molar-refractivity contribution in [3.05, 3.63) is 52.7 Å². The normalized spacial score (nSPS) is 19.9. The molecule has 0 N–H and O–H groups in total. The summed E-state index contributed by atoms with van der Waals surface area (Å²) in [4.78, 5) is 15.1. The first-order valence-corrected chi connectivity index (χ1v) is 7.31. The highest BCUT2D eigenvalue weighted by molar-refractivity contribution is 8.01. The van der Waals surface area contributed by atoms with Gasteiger partial charge in [0.05, 0.1) is 5.75 Å². The molecule has 1 aliphatic rings. The molecule has 0 aliphatic carbocycles. The van der Waals surface area contributed by atoms with Crippen LogP contribution in [0, 0.1) is 0 Å². The molecule has 1 atom stereocenters. The van der Waals surface area contributed by atoms with Crippen LogP contribution in [0.5, 0.6) is 0 Å². The van der Waals surface area contributed by atoms with E-state index in [1.54, 1.807) is 23.1 Å². The number of thioether (sulfide) groups is 1. The lowest BCUT2D eigenvalue weighted by Crippen LogP contribution is -2.27. The first-order chi connectivity index (χ1) is 8.36. The molecule has 86 valence electrons. The Balaban J connectivity index is 1.98. The number of amides is 1. The van der Waals surface area contributed by atoms with Crippen molar-refractivity contribution in [3.63, 3.8) is 0 Å². The molecule has 3 rings (SSSR count). The van der Waals surface area contributed by atoms with Crippen LogP contribution < -0.4 is 4.90 Å². The minimum Gasteiger partial charge on any atom is -0.294 e. The Labute approximate surface area is 108 Å². The minimum atomic E-state index is 0.143. The molecular formula is C13H11NOS2. The molecule has 2 aromatic rings. The van der Waals surface area contributed by atoms with Crippen LogP contribution in [0.3, 0.4) is 0 Å². The molecule has 1 amide bonds. The Morgan fingerprint density at radius 2 is 1.94 bits per heavy atom. The number of hydrogen-bond donors (Lipinski definition) is 0. The summed E-state index contributed by atoms with van der Waals surface area (Å²) in [6.07, 6.45) is 0. The van der Waals surface area contributed by atoms with Gasteiger partial charge in [0.25, 0.3) is 0 Å². The number of carbonyl (C=O) groups is 1. The van der Waals surface area contributed by atoms with Crippen LogP contribution in [0.1, 0.15) is 10.3 Å². The van der Waals surface area contributed by atoms with Crippen molar-refractivity contribution in [1.82, 2.24) is 0 Å². The minimum absolute atomic E-state index is 0.143. The van der Waals surface area contributed by atoms with Gasteiger partial charge in [0.1, 0.15) is 5.37 Å². The first kappa shape index (κ1) is 10.9. The summed E-state index contributed by atoms with van der Waals surface area (Å²) in [7, 11) is 0. The zero-order chi connectivity index (χ0) is 11.7. The number of carbonyl (C=O) groups excluding carboxylic acids is 1. The quantitative estimate of drug-likeness (QED) is 0.824. The third kappa shape index (κ3) is 1.98. The lowest BCUT2D eigenvalue weighted by molar-refractivity contribution is -0.115. The Morgan fingerprint density at radius 3 is 2.65 bits per heavy atom. The fourth-order valence-electron chi connectivity index (χ4n) is 1.93. The Bertz CT molecular complexity index is 509. The van der Waals surface area contributed by atoms with E-state index in [1.807, 2.05) is 41.3 Å². The second-order valence-corrected chi connectivity index (χ2v) is 5.83. The van der Waals surface area contributed by atoms with Gasteiger partial charge in [-0.15, -0.1) is 23.1 Å². The van der Waals surface area contributed by atoms with Crippen LogP contribution in [0.4, 0.5) is 5.69 Å². The average Bonchev–Trinajstić information content (AvgIpc) is 2.98. The van der Waals surface area contributed by atoms with Crippen LogP contribution in [-0.2, 0) is 4.79 Å². The molecule has 0 unspecified atom stereocenters. The molecule has 0 radical (unpaired) electrons. The molecule has 17 heavy (non-hydrogen) atoms. The van der Waals surface area contributed by atoms with Crippen molar-refractivity contribution >= 4 is 34.7 Å². The maximum atomic E-state index is 12.0. The van der Waals surface area contributed by atoms with Gasteiger partial charge in [-0.25, -0.2) is 0 Å². The highest BCUT2D eigenvalue weighted by atomic mass is 32.2. The van der Waals surface area contributed by atoms with E-state index in [-0.39, 0.29) is 11.3 Å². The molecule has 4 heteroatoms. The molecule has 1 saturated heterocycles. The van der Waals surface area contributed by atoms with Crippen molar-refractivity contribution in [2.24, 2.45) is 0 Å². The van der Waals surface area contributed by atoms with Crippen LogP contribution in [0.15, 0.2) is 47.8 Å². The topological polar surface area (TPSA) is 20.3 Å². The third-order valence-electron chi connectivity index (χ3n) is 2.69. The Hall–Kier alpha value is -1.26. The number of thiophene rings is 1. The number of anilines is 1. The van der Waals surface area contributed by atoms with Crippen molar-refractivity contribution in [1.29, 1.82) is 0 Å². The zero-order valence-corrected chi connectivity index (χ0v) is 10.7. The molecule has 2 nitrogen and oxygen atoms in total. The maximum absolute atomic E-state index is 12.0. The number of rotatable bonds is 2. The molecule has 1 aromatic carbocycles. The first-order valence-electron chi connectivity index (χ1n) is 5.38. The van der Waals surface area contributed by atoms with Gasteiger partial charge in [0.15, 0.2) is 0 Å². The Kier molecular flexibility index (Phi) is 2.91. The van der Waals surface area contributed by atoms with Gasteiger partial charge in [-0.2, -0.15) is 0 Å². The van der Waals surface area contributed by atoms with E-state index in [4.69, 9.17) is 0 Å². The van der Waals surface area contributed by atoms with Crippen molar-refractivity contribution in [2.75, 3.05) is 10.7 Å². The highest BCUT2D eigenvalue weighted by Crippen LogP contribution is 2.43. The van der Waals surface area contributed by atoms with Crippen LogP contribution in [-0.4, -0.2) is 11.7 Å². The van der Waals surface area contributed by atoms with E-state index in [1.165, 1.54) is 4.88 Å². The summed E-state index contributed by atoms with van der Waals surface area (Å²) < 4.78 is 0. The van der Waals surface area contributed by atoms with Crippen molar-refractivity contribution in [3.8, 4) is 0 Å². The zero-order valence-electron chi connectivity index (χ0n) is 9.08. The summed E-state index contributed by atoms with van der Waals surface area (Å²) in [5.41, 5.74) is 0.987. The second-order valence-electron chi connectivity index (χ2n) is 3.78. The SMILES string of the molecule is O=C1CS[C@@H](c2cccs2)N1c1ccccc1. The number of nitrogens with zero attached hydrogens (tertiary/aromatic N) is 1. The van der Waals surface area contributed by atoms with E-state index in [0.717, 1.165) is 5.69 Å². The monoisotopic (exact) mass is 261 g/mol. The molecule has 1 aliphatic heterocycles. The molecule has 0 bridgehead atoms. The molecular weight excluding hydrogens is 250 g/mol. The van der Waals surface area contributed by atoms with E-state index in [9.17, 15) is 4.79 Å². The largest absolute Gasteiger partial charge is 0.294 e. The maximum Gasteiger partial charge on any atom is 0.238 e. The highest BCUT2D eigenvalue weighted by Gasteiger charge is 2.34. The van der Waals surface area contributed by atoms with Crippen LogP contribution in [0.2, 0.25) is 0 Å². The lowest BCUT2D eigenvalue weighted by Gasteiger charge is -2.22. The van der Waals surface area contributed by atoms with E-state index >= 15 is 0 Å². The molecule has 0 spiro atoms. The molecule has 1 fully saturated rings. The number of benzene rings is 1. The smallest absolute Gasteiger partial charge is 0.238 e. The summed E-state index contributed by atoms with van der Waals surface area (Å²) >= 11 is 3.40. The fraction of sp³-hybridized carbons (Fsp3) is 0.154. The number of hydrogen-bond acceptors (Lipinski definition) is 3. The predicted molar refractivity (Wildman–Crippen MR) is 73.4 cm³/mol. The van der Waals surface area contributed by atoms with E-state index in [2.05, 4.69) is 11.4 Å². The molecule has 1 aromatic heterocycles. The Morgan fingerprint density at radius 1 is 1.12 bits per heavy atom.